The number of rotatable bonds is 10. The number of hydrogen-bond acceptors (Lipinski definition) is 2. The first-order valence-corrected chi connectivity index (χ1v) is 9.30. The molecule has 0 aliphatic carbocycles. The van der Waals surface area contributed by atoms with E-state index in [1.165, 1.54) is 29.7 Å². The van der Waals surface area contributed by atoms with Gasteiger partial charge in [-0.15, -0.1) is 6.58 Å². The highest BCUT2D eigenvalue weighted by Gasteiger charge is 2.13. The lowest BCUT2D eigenvalue weighted by Gasteiger charge is -2.16. The zero-order chi connectivity index (χ0) is 17.1. The molecule has 0 aromatic heterocycles. The maximum absolute atomic E-state index is 9.52. The van der Waals surface area contributed by atoms with E-state index in [0.29, 0.717) is 11.8 Å². The van der Waals surface area contributed by atoms with Crippen molar-refractivity contribution in [1.29, 1.82) is 5.26 Å². The average Bonchev–Trinajstić information content (AvgIpc) is 2.53. The number of thioether (sulfide) groups is 1. The molecule has 1 nitrogen and oxygen atoms in total. The van der Waals surface area contributed by atoms with Gasteiger partial charge in [0.25, 0.3) is 0 Å². The highest BCUT2D eigenvalue weighted by molar-refractivity contribution is 8.06. The molecule has 0 saturated carbocycles. The Balaban J connectivity index is 5.06. The van der Waals surface area contributed by atoms with Crippen LogP contribution >= 0.6 is 11.8 Å². The van der Waals surface area contributed by atoms with Crippen molar-refractivity contribution in [1.82, 2.24) is 0 Å². The monoisotopic (exact) mass is 319 g/mol. The van der Waals surface area contributed by atoms with Gasteiger partial charge in [0, 0.05) is 10.5 Å². The maximum atomic E-state index is 9.52. The highest BCUT2D eigenvalue weighted by Crippen LogP contribution is 2.34. The summed E-state index contributed by atoms with van der Waals surface area (Å²) in [6.07, 6.45) is 7.78. The second-order valence-electron chi connectivity index (χ2n) is 6.13. The van der Waals surface area contributed by atoms with Crippen LogP contribution in [0.1, 0.15) is 73.6 Å². The molecule has 124 valence electrons. The average molecular weight is 320 g/mol. The Hall–Kier alpha value is -0.940. The van der Waals surface area contributed by atoms with Gasteiger partial charge < -0.3 is 0 Å². The molecule has 2 unspecified atom stereocenters. The standard InChI is InChI=1S/C20H33NS/c1-8-11-12-19(10-3)13-20(14-21)18(7)22-17(6)16(5)15(4)9-2/h9,15,19H,2,8,10-13H2,1,3-7H3/b17-16+,20-18-. The third kappa shape index (κ3) is 7.36. The van der Waals surface area contributed by atoms with E-state index in [-0.39, 0.29) is 0 Å². The summed E-state index contributed by atoms with van der Waals surface area (Å²) in [4.78, 5) is 2.45. The second kappa shape index (κ2) is 11.6. The van der Waals surface area contributed by atoms with Crippen LogP contribution in [0, 0.1) is 23.2 Å². The van der Waals surface area contributed by atoms with Crippen LogP contribution in [0.3, 0.4) is 0 Å². The molecule has 0 N–H and O–H groups in total. The van der Waals surface area contributed by atoms with Gasteiger partial charge >= 0.3 is 0 Å². The van der Waals surface area contributed by atoms with Gasteiger partial charge in [-0.3, -0.25) is 0 Å². The molecule has 0 radical (unpaired) electrons. The maximum Gasteiger partial charge on any atom is 0.0955 e. The van der Waals surface area contributed by atoms with Crippen molar-refractivity contribution in [3.8, 4) is 6.07 Å². The Kier molecular flexibility index (Phi) is 11.1. The molecule has 0 bridgehead atoms. The van der Waals surface area contributed by atoms with Crippen molar-refractivity contribution in [3.63, 3.8) is 0 Å². The van der Waals surface area contributed by atoms with Crippen LogP contribution in [-0.2, 0) is 0 Å². The van der Waals surface area contributed by atoms with Gasteiger partial charge in [-0.1, -0.05) is 69.9 Å². The molecule has 0 aliphatic heterocycles. The Morgan fingerprint density at radius 1 is 1.23 bits per heavy atom. The summed E-state index contributed by atoms with van der Waals surface area (Å²) in [6, 6.07) is 2.45. The molecule has 0 aromatic carbocycles. The van der Waals surface area contributed by atoms with Crippen molar-refractivity contribution < 1.29 is 0 Å². The third-order valence-corrected chi connectivity index (χ3v) is 5.67. The molecule has 0 fully saturated rings. The first-order chi connectivity index (χ1) is 10.4. The van der Waals surface area contributed by atoms with E-state index < -0.39 is 0 Å². The van der Waals surface area contributed by atoms with Gasteiger partial charge in [0.15, 0.2) is 0 Å². The van der Waals surface area contributed by atoms with E-state index >= 15 is 0 Å². The molecule has 2 atom stereocenters. The Morgan fingerprint density at radius 3 is 2.32 bits per heavy atom. The van der Waals surface area contributed by atoms with Crippen LogP contribution in [0.4, 0.5) is 0 Å². The van der Waals surface area contributed by atoms with Crippen LogP contribution < -0.4 is 0 Å². The minimum atomic E-state index is 0.388. The number of unbranched alkanes of at least 4 members (excludes halogenated alkanes) is 1. The largest absolute Gasteiger partial charge is 0.193 e. The summed E-state index contributed by atoms with van der Waals surface area (Å²) in [6.45, 7) is 16.9. The fraction of sp³-hybridized carbons (Fsp3) is 0.650. The van der Waals surface area contributed by atoms with Crippen molar-refractivity contribution in [2.75, 3.05) is 0 Å². The molecule has 0 aliphatic rings. The molecular formula is C20H33NS. The summed E-state index contributed by atoms with van der Waals surface area (Å²) in [5.41, 5.74) is 2.31. The molecule has 0 rings (SSSR count). The minimum Gasteiger partial charge on any atom is -0.193 e. The van der Waals surface area contributed by atoms with Gasteiger partial charge in [0.2, 0.25) is 0 Å². The lowest BCUT2D eigenvalue weighted by Crippen LogP contribution is -2.01. The molecule has 22 heavy (non-hydrogen) atoms. The molecule has 0 heterocycles. The Bertz CT molecular complexity index is 451. The van der Waals surface area contributed by atoms with E-state index in [4.69, 9.17) is 0 Å². The zero-order valence-electron chi connectivity index (χ0n) is 15.3. The summed E-state index contributed by atoms with van der Waals surface area (Å²) < 4.78 is 0. The van der Waals surface area contributed by atoms with E-state index in [0.717, 1.165) is 23.3 Å². The van der Waals surface area contributed by atoms with Gasteiger partial charge in [-0.2, -0.15) is 5.26 Å². The van der Waals surface area contributed by atoms with E-state index in [1.807, 2.05) is 6.08 Å². The smallest absolute Gasteiger partial charge is 0.0955 e. The fourth-order valence-electron chi connectivity index (χ4n) is 2.37. The topological polar surface area (TPSA) is 23.8 Å². The van der Waals surface area contributed by atoms with Crippen LogP contribution in [0.25, 0.3) is 0 Å². The number of hydrogen-bond donors (Lipinski definition) is 0. The zero-order valence-corrected chi connectivity index (χ0v) is 16.1. The van der Waals surface area contributed by atoms with Crippen LogP contribution in [-0.4, -0.2) is 0 Å². The predicted molar refractivity (Wildman–Crippen MR) is 102 cm³/mol. The van der Waals surface area contributed by atoms with E-state index in [9.17, 15) is 5.26 Å². The molecule has 2 heteroatoms. The summed E-state index contributed by atoms with van der Waals surface area (Å²) >= 11 is 1.75. The van der Waals surface area contributed by atoms with Gasteiger partial charge in [0.05, 0.1) is 6.07 Å². The summed E-state index contributed by atoms with van der Waals surface area (Å²) in [5.74, 6) is 1.03. The van der Waals surface area contributed by atoms with E-state index in [1.54, 1.807) is 11.8 Å². The summed E-state index contributed by atoms with van der Waals surface area (Å²) in [5, 5.41) is 9.52. The fourth-order valence-corrected chi connectivity index (χ4v) is 3.43. The molecule has 0 amide bonds. The second-order valence-corrected chi connectivity index (χ2v) is 7.56. The van der Waals surface area contributed by atoms with Crippen molar-refractivity contribution >= 4 is 11.8 Å². The van der Waals surface area contributed by atoms with Crippen LogP contribution in [0.2, 0.25) is 0 Å². The molecular weight excluding hydrogens is 286 g/mol. The highest BCUT2D eigenvalue weighted by atomic mass is 32.2. The van der Waals surface area contributed by atoms with Crippen molar-refractivity contribution in [3.05, 3.63) is 33.6 Å². The molecule has 0 spiro atoms. The normalized spacial score (nSPS) is 16.2. The predicted octanol–water partition coefficient (Wildman–Crippen LogP) is 7.24. The minimum absolute atomic E-state index is 0.388. The van der Waals surface area contributed by atoms with Crippen molar-refractivity contribution in [2.24, 2.45) is 11.8 Å². The Labute approximate surface area is 142 Å². The molecule has 0 aromatic rings. The quantitative estimate of drug-likeness (QED) is 0.313. The molecule has 0 saturated heterocycles. The Morgan fingerprint density at radius 2 is 1.86 bits per heavy atom. The lowest BCUT2D eigenvalue weighted by molar-refractivity contribution is 0.451. The van der Waals surface area contributed by atoms with Gasteiger partial charge in [-0.05, 0) is 43.9 Å². The van der Waals surface area contributed by atoms with Crippen LogP contribution in [0.5, 0.6) is 0 Å². The van der Waals surface area contributed by atoms with Crippen molar-refractivity contribution in [2.45, 2.75) is 73.6 Å². The number of nitriles is 1. The third-order valence-electron chi connectivity index (χ3n) is 4.49. The van der Waals surface area contributed by atoms with E-state index in [2.05, 4.69) is 54.2 Å². The lowest BCUT2D eigenvalue weighted by atomic mass is 9.92. The first kappa shape index (κ1) is 21.1. The van der Waals surface area contributed by atoms with Gasteiger partial charge in [-0.25, -0.2) is 0 Å². The summed E-state index contributed by atoms with van der Waals surface area (Å²) in [7, 11) is 0. The van der Waals surface area contributed by atoms with Gasteiger partial charge in [0.1, 0.15) is 0 Å². The number of nitrogens with zero attached hydrogens (tertiary/aromatic N) is 1. The SMILES string of the molecule is C=CC(C)/C(C)=C(\C)S/C(C)=C(\C#N)CC(CC)CCCC. The first-order valence-electron chi connectivity index (χ1n) is 8.48. The number of allylic oxidation sites excluding steroid dienone is 5. The van der Waals surface area contributed by atoms with Crippen LogP contribution in [0.15, 0.2) is 33.6 Å².